The molecule has 7 rings (SSSR count). The number of pyridine rings is 2. The molecule has 12 nitrogen and oxygen atoms in total. The second-order valence-corrected chi connectivity index (χ2v) is 11.7. The Balaban J connectivity index is 1.08. The van der Waals surface area contributed by atoms with E-state index >= 15 is 0 Å². The number of aryl methyl sites for hydroxylation is 1. The first-order valence-corrected chi connectivity index (χ1v) is 15.2. The van der Waals surface area contributed by atoms with Gasteiger partial charge in [-0.15, -0.1) is 0 Å². The van der Waals surface area contributed by atoms with Gasteiger partial charge < -0.3 is 35.5 Å². The average molecular weight is 607 g/mol. The number of urea groups is 1. The van der Waals surface area contributed by atoms with E-state index in [0.29, 0.717) is 22.7 Å². The van der Waals surface area contributed by atoms with Gasteiger partial charge in [-0.05, 0) is 68.3 Å². The van der Waals surface area contributed by atoms with Crippen LogP contribution in [0.25, 0.3) is 17.1 Å². The van der Waals surface area contributed by atoms with Crippen molar-refractivity contribution in [2.75, 3.05) is 41.7 Å². The molecule has 0 bridgehead atoms. The second-order valence-electron chi connectivity index (χ2n) is 11.7. The molecular weight excluding hydrogens is 572 g/mol. The summed E-state index contributed by atoms with van der Waals surface area (Å²) in [5, 5.41) is 12.9. The number of hydrogen-bond acceptors (Lipinski definition) is 8. The molecule has 4 aromatic rings. The summed E-state index contributed by atoms with van der Waals surface area (Å²) in [6, 6.07) is 10.2. The molecule has 230 valence electrons. The van der Waals surface area contributed by atoms with Gasteiger partial charge in [-0.3, -0.25) is 14.6 Å². The molecule has 3 aliphatic heterocycles. The van der Waals surface area contributed by atoms with Crippen molar-refractivity contribution >= 4 is 51.9 Å². The normalized spacial score (nSPS) is 19.0. The van der Waals surface area contributed by atoms with Crippen LogP contribution in [-0.2, 0) is 11.8 Å². The highest BCUT2D eigenvalue weighted by molar-refractivity contribution is 6.16. The van der Waals surface area contributed by atoms with E-state index in [1.165, 1.54) is 0 Å². The predicted octanol–water partition coefficient (Wildman–Crippen LogP) is 3.92. The van der Waals surface area contributed by atoms with Crippen LogP contribution < -0.4 is 30.9 Å². The minimum atomic E-state index is -0.448. The molecule has 3 aliphatic rings. The highest BCUT2D eigenvalue weighted by Crippen LogP contribution is 2.37. The highest BCUT2D eigenvalue weighted by Gasteiger charge is 2.31. The summed E-state index contributed by atoms with van der Waals surface area (Å²) in [6.07, 6.45) is 11.2. The zero-order valence-electron chi connectivity index (χ0n) is 24.9. The van der Waals surface area contributed by atoms with Gasteiger partial charge >= 0.3 is 6.03 Å². The number of nitrogens with one attached hydrogen (secondary N) is 4. The molecule has 0 unspecified atom stereocenters. The summed E-state index contributed by atoms with van der Waals surface area (Å²) in [5.41, 5.74) is 4.00. The van der Waals surface area contributed by atoms with E-state index in [9.17, 15) is 14.4 Å². The maximum Gasteiger partial charge on any atom is 0.323 e. The second kappa shape index (κ2) is 12.0. The number of hydrogen-bond donors (Lipinski definition) is 4. The molecule has 0 spiro atoms. The summed E-state index contributed by atoms with van der Waals surface area (Å²) in [7, 11) is 1.93. The number of carbonyl (C=O) groups excluding carboxylic acids is 3. The van der Waals surface area contributed by atoms with E-state index in [1.807, 2.05) is 23.9 Å². The fourth-order valence-electron chi connectivity index (χ4n) is 6.31. The van der Waals surface area contributed by atoms with Crippen molar-refractivity contribution in [2.24, 2.45) is 13.0 Å². The van der Waals surface area contributed by atoms with E-state index < -0.39 is 6.03 Å². The van der Waals surface area contributed by atoms with Crippen LogP contribution in [0.2, 0.25) is 0 Å². The molecule has 3 aromatic heterocycles. The standard InChI is InChI=1S/C33H34N8O4/c1-40-19-21(15-28-30(42)25-16-22(4-5-27(25)45-28)38-33(44)39-23-3-2-10-34-17-23)29-26(7-12-36-31(29)40)41-13-8-20(9-14-41)32(43)37-24-6-11-35-18-24/h2-5,7,10,12,15-17,19-20,24,35H,6,8-9,11,13-14,18H2,1H3,(H,37,43)(H2,38,39,44)/b28-15-/t24-/m1/s1. The van der Waals surface area contributed by atoms with Crippen LogP contribution >= 0.6 is 0 Å². The number of ketones is 1. The molecule has 4 N–H and O–H groups in total. The molecule has 12 heteroatoms. The van der Waals surface area contributed by atoms with Gasteiger partial charge in [-0.25, -0.2) is 9.78 Å². The van der Waals surface area contributed by atoms with Crippen LogP contribution in [0, 0.1) is 5.92 Å². The monoisotopic (exact) mass is 606 g/mol. The van der Waals surface area contributed by atoms with Gasteiger partial charge in [0.25, 0.3) is 0 Å². The van der Waals surface area contributed by atoms with E-state index in [2.05, 4.69) is 36.1 Å². The number of aromatic nitrogens is 3. The number of Topliss-reactive ketones (excluding diaryl/α,β-unsaturated/α-hetero) is 1. The zero-order valence-corrected chi connectivity index (χ0v) is 24.9. The molecule has 2 saturated heterocycles. The van der Waals surface area contributed by atoms with Gasteiger partial charge in [0.05, 0.1) is 17.4 Å². The molecule has 1 aromatic carbocycles. The lowest BCUT2D eigenvalue weighted by Gasteiger charge is -2.34. The number of amides is 3. The van der Waals surface area contributed by atoms with Crippen LogP contribution in [0.4, 0.5) is 21.9 Å². The lowest BCUT2D eigenvalue weighted by atomic mass is 9.94. The third kappa shape index (κ3) is 5.84. The molecule has 0 aliphatic carbocycles. The molecule has 3 amide bonds. The summed E-state index contributed by atoms with van der Waals surface area (Å²) in [4.78, 5) is 49.7. The summed E-state index contributed by atoms with van der Waals surface area (Å²) in [5.74, 6) is 0.503. The first kappa shape index (κ1) is 28.5. The van der Waals surface area contributed by atoms with Crippen LogP contribution in [0.15, 0.2) is 66.9 Å². The third-order valence-corrected chi connectivity index (χ3v) is 8.61. The van der Waals surface area contributed by atoms with Crippen molar-refractivity contribution in [1.82, 2.24) is 25.2 Å². The van der Waals surface area contributed by atoms with Crippen LogP contribution in [-0.4, -0.2) is 64.5 Å². The van der Waals surface area contributed by atoms with Crippen molar-refractivity contribution in [1.29, 1.82) is 0 Å². The quantitative estimate of drug-likeness (QED) is 0.242. The molecule has 6 heterocycles. The van der Waals surface area contributed by atoms with E-state index in [0.717, 1.165) is 67.7 Å². The number of carbonyl (C=O) groups is 3. The number of nitrogens with zero attached hydrogens (tertiary/aromatic N) is 4. The Morgan fingerprint density at radius 3 is 2.69 bits per heavy atom. The molecule has 0 saturated carbocycles. The fourth-order valence-corrected chi connectivity index (χ4v) is 6.31. The average Bonchev–Trinajstić information content (AvgIpc) is 3.76. The van der Waals surface area contributed by atoms with Crippen molar-refractivity contribution in [2.45, 2.75) is 25.3 Å². The molecule has 45 heavy (non-hydrogen) atoms. The summed E-state index contributed by atoms with van der Waals surface area (Å²) >= 11 is 0. The predicted molar refractivity (Wildman–Crippen MR) is 171 cm³/mol. The van der Waals surface area contributed by atoms with Crippen LogP contribution in [0.3, 0.4) is 0 Å². The van der Waals surface area contributed by atoms with E-state index in [-0.39, 0.29) is 29.4 Å². The molecule has 2 fully saturated rings. The minimum absolute atomic E-state index is 0.000331. The largest absolute Gasteiger partial charge is 0.452 e. The lowest BCUT2D eigenvalue weighted by molar-refractivity contribution is -0.126. The topological polar surface area (TPSA) is 143 Å². The SMILES string of the molecule is Cn1cc(/C=C2\Oc3ccc(NC(=O)Nc4cccnc4)cc3C2=O)c2c(N3CCC(C(=O)N[C@@H]4CCNC4)CC3)ccnc21. The van der Waals surface area contributed by atoms with Crippen molar-refractivity contribution < 1.29 is 19.1 Å². The van der Waals surface area contributed by atoms with Gasteiger partial charge in [-0.2, -0.15) is 0 Å². The lowest BCUT2D eigenvalue weighted by Crippen LogP contribution is -2.44. The molecular formula is C33H34N8O4. The summed E-state index contributed by atoms with van der Waals surface area (Å²) < 4.78 is 7.94. The number of fused-ring (bicyclic) bond motifs is 2. The van der Waals surface area contributed by atoms with Crippen molar-refractivity contribution in [3.63, 3.8) is 0 Å². The first-order chi connectivity index (χ1) is 21.9. The Labute approximate surface area is 259 Å². The number of ether oxygens (including phenoxy) is 1. The minimum Gasteiger partial charge on any atom is -0.452 e. The Bertz CT molecular complexity index is 1800. The maximum absolute atomic E-state index is 13.5. The van der Waals surface area contributed by atoms with Crippen molar-refractivity contribution in [3.8, 4) is 5.75 Å². The van der Waals surface area contributed by atoms with E-state index in [1.54, 1.807) is 55.0 Å². The smallest absolute Gasteiger partial charge is 0.323 e. The molecule has 1 atom stereocenters. The van der Waals surface area contributed by atoms with Gasteiger partial charge in [0.15, 0.2) is 5.76 Å². The Hall–Kier alpha value is -5.23. The van der Waals surface area contributed by atoms with Crippen molar-refractivity contribution in [3.05, 3.63) is 78.1 Å². The zero-order chi connectivity index (χ0) is 30.9. The number of benzene rings is 1. The van der Waals surface area contributed by atoms with Gasteiger partial charge in [0.1, 0.15) is 11.4 Å². The highest BCUT2D eigenvalue weighted by atomic mass is 16.5. The Kier molecular flexibility index (Phi) is 7.64. The number of rotatable bonds is 6. The third-order valence-electron chi connectivity index (χ3n) is 8.61. The number of anilines is 3. The maximum atomic E-state index is 13.5. The van der Waals surface area contributed by atoms with Crippen LogP contribution in [0.1, 0.15) is 35.2 Å². The van der Waals surface area contributed by atoms with Gasteiger partial charge in [0, 0.05) is 79.6 Å². The number of piperidine rings is 1. The van der Waals surface area contributed by atoms with E-state index in [4.69, 9.17) is 4.74 Å². The van der Waals surface area contributed by atoms with Crippen LogP contribution in [0.5, 0.6) is 5.75 Å². The molecule has 0 radical (unpaired) electrons. The number of allylic oxidation sites excluding steroid dienone is 1. The first-order valence-electron chi connectivity index (χ1n) is 15.2. The van der Waals surface area contributed by atoms with Gasteiger partial charge in [0.2, 0.25) is 11.7 Å². The Morgan fingerprint density at radius 1 is 1.07 bits per heavy atom. The van der Waals surface area contributed by atoms with Gasteiger partial charge in [-0.1, -0.05) is 0 Å². The fraction of sp³-hybridized carbons (Fsp3) is 0.303. The Morgan fingerprint density at radius 2 is 1.91 bits per heavy atom. The summed E-state index contributed by atoms with van der Waals surface area (Å²) in [6.45, 7) is 3.28.